The molecule has 1 heterocycles. The van der Waals surface area contributed by atoms with Crippen molar-refractivity contribution in [2.45, 2.75) is 19.9 Å². The zero-order chi connectivity index (χ0) is 28.4. The van der Waals surface area contributed by atoms with E-state index < -0.39 is 35.1 Å². The first-order valence-corrected chi connectivity index (χ1v) is 12.6. The molecular weight excluding hydrogens is 530 g/mol. The molecule has 0 aliphatic carbocycles. The van der Waals surface area contributed by atoms with Crippen molar-refractivity contribution in [3.8, 4) is 11.5 Å². The highest BCUT2D eigenvalue weighted by Gasteiger charge is 2.47. The number of hydrogen-bond acceptors (Lipinski definition) is 6. The third-order valence-electron chi connectivity index (χ3n) is 6.69. The van der Waals surface area contributed by atoms with E-state index in [0.29, 0.717) is 5.56 Å². The average molecular weight is 557 g/mol. The molecule has 204 valence electrons. The number of amides is 1. The second-order valence-corrected chi connectivity index (χ2v) is 9.13. The maximum absolute atomic E-state index is 14.2. The third kappa shape index (κ3) is 5.02. The number of ketones is 1. The summed E-state index contributed by atoms with van der Waals surface area (Å²) in [6.45, 7) is 5.56. The summed E-state index contributed by atoms with van der Waals surface area (Å²) < 4.78 is 38.6. The van der Waals surface area contributed by atoms with Crippen molar-refractivity contribution in [3.05, 3.63) is 88.0 Å². The molecule has 0 aromatic heterocycles. The van der Waals surface area contributed by atoms with E-state index in [-0.39, 0.29) is 33.3 Å². The normalized spacial score (nSPS) is 16.5. The van der Waals surface area contributed by atoms with Gasteiger partial charge in [0.2, 0.25) is 0 Å². The fourth-order valence-corrected chi connectivity index (χ4v) is 4.94. The fourth-order valence-electron chi connectivity index (χ4n) is 4.70. The fraction of sp³-hybridized carbons (Fsp3) is 0.241. The Balaban J connectivity index is 1.96. The molecule has 1 unspecified atom stereocenters. The van der Waals surface area contributed by atoms with E-state index in [9.17, 15) is 23.5 Å². The number of rotatable bonds is 8. The molecule has 7 nitrogen and oxygen atoms in total. The summed E-state index contributed by atoms with van der Waals surface area (Å²) in [6, 6.07) is 11.7. The van der Waals surface area contributed by atoms with E-state index in [1.165, 1.54) is 32.4 Å². The zero-order valence-corrected chi connectivity index (χ0v) is 22.6. The summed E-state index contributed by atoms with van der Waals surface area (Å²) in [4.78, 5) is 29.9. The Bertz CT molecular complexity index is 1450. The van der Waals surface area contributed by atoms with Crippen LogP contribution in [0, 0.1) is 11.6 Å². The van der Waals surface area contributed by atoms with Crippen molar-refractivity contribution in [1.29, 1.82) is 0 Å². The smallest absolute Gasteiger partial charge is 0.300 e. The quantitative estimate of drug-likeness (QED) is 0.205. The zero-order valence-electron chi connectivity index (χ0n) is 21.8. The summed E-state index contributed by atoms with van der Waals surface area (Å²) in [5, 5.41) is 11.6. The van der Waals surface area contributed by atoms with Gasteiger partial charge in [-0.15, -0.1) is 0 Å². The first kappa shape index (κ1) is 27.9. The van der Waals surface area contributed by atoms with Gasteiger partial charge in [0.05, 0.1) is 36.4 Å². The third-order valence-corrected chi connectivity index (χ3v) is 6.99. The predicted molar refractivity (Wildman–Crippen MR) is 146 cm³/mol. The maximum Gasteiger partial charge on any atom is 0.300 e. The van der Waals surface area contributed by atoms with E-state index >= 15 is 0 Å². The molecule has 1 amide bonds. The molecule has 3 aromatic rings. The van der Waals surface area contributed by atoms with Gasteiger partial charge < -0.3 is 19.5 Å². The molecule has 39 heavy (non-hydrogen) atoms. The van der Waals surface area contributed by atoms with E-state index in [4.69, 9.17) is 21.1 Å². The van der Waals surface area contributed by atoms with Crippen LogP contribution < -0.4 is 19.3 Å². The van der Waals surface area contributed by atoms with Gasteiger partial charge >= 0.3 is 0 Å². The lowest BCUT2D eigenvalue weighted by Crippen LogP contribution is -2.29. The Labute approximate surface area is 229 Å². The van der Waals surface area contributed by atoms with E-state index in [2.05, 4.69) is 4.90 Å². The van der Waals surface area contributed by atoms with Gasteiger partial charge in [0.15, 0.2) is 11.6 Å². The highest BCUT2D eigenvalue weighted by Crippen LogP contribution is 2.45. The molecular formula is C29H27ClF2N2O5. The maximum atomic E-state index is 14.2. The monoisotopic (exact) mass is 556 g/mol. The number of nitrogens with zero attached hydrogens (tertiary/aromatic N) is 2. The molecule has 0 saturated carbocycles. The number of hydrogen-bond donors (Lipinski definition) is 1. The summed E-state index contributed by atoms with van der Waals surface area (Å²) in [6.07, 6.45) is 0. The van der Waals surface area contributed by atoms with Crippen LogP contribution >= 0.6 is 11.6 Å². The van der Waals surface area contributed by atoms with Crippen molar-refractivity contribution in [2.24, 2.45) is 0 Å². The Kier molecular flexibility index (Phi) is 8.11. The number of benzene rings is 3. The number of aliphatic hydroxyl groups excluding tert-OH is 1. The predicted octanol–water partition coefficient (Wildman–Crippen LogP) is 6.11. The van der Waals surface area contributed by atoms with Gasteiger partial charge in [0.1, 0.15) is 17.3 Å². The second kappa shape index (κ2) is 11.3. The Morgan fingerprint density at radius 1 is 0.949 bits per heavy atom. The minimum atomic E-state index is -1.19. The number of anilines is 2. The number of halogens is 3. The summed E-state index contributed by atoms with van der Waals surface area (Å²) in [5.41, 5.74) is 1.12. The minimum absolute atomic E-state index is 0.0485. The lowest BCUT2D eigenvalue weighted by atomic mass is 9.94. The van der Waals surface area contributed by atoms with E-state index in [1.807, 2.05) is 26.0 Å². The van der Waals surface area contributed by atoms with Gasteiger partial charge in [-0.25, -0.2) is 8.78 Å². The molecule has 1 N–H and O–H groups in total. The summed E-state index contributed by atoms with van der Waals surface area (Å²) in [7, 11) is 2.78. The first-order chi connectivity index (χ1) is 18.7. The van der Waals surface area contributed by atoms with Crippen molar-refractivity contribution < 1.29 is 33.0 Å². The Morgan fingerprint density at radius 3 is 2.15 bits per heavy atom. The van der Waals surface area contributed by atoms with E-state index in [0.717, 1.165) is 35.8 Å². The van der Waals surface area contributed by atoms with Crippen LogP contribution in [0.3, 0.4) is 0 Å². The van der Waals surface area contributed by atoms with Crippen molar-refractivity contribution in [1.82, 2.24) is 0 Å². The van der Waals surface area contributed by atoms with Gasteiger partial charge in [0, 0.05) is 36.6 Å². The van der Waals surface area contributed by atoms with Crippen LogP contribution in [-0.2, 0) is 9.59 Å². The molecule has 1 saturated heterocycles. The van der Waals surface area contributed by atoms with Crippen molar-refractivity contribution >= 4 is 40.4 Å². The lowest BCUT2D eigenvalue weighted by Gasteiger charge is -2.27. The largest absolute Gasteiger partial charge is 0.507 e. The van der Waals surface area contributed by atoms with Crippen LogP contribution in [0.2, 0.25) is 5.02 Å². The Morgan fingerprint density at radius 2 is 1.59 bits per heavy atom. The number of aliphatic hydroxyl groups is 1. The Hall–Kier alpha value is -4.11. The highest BCUT2D eigenvalue weighted by molar-refractivity contribution is 6.51. The SMILES string of the molecule is CCN(CC)c1ccc(C2/C(=C(\O)c3cc(Cl)c(OC)cc3OC)C(=O)C(=O)N2c2ccc(F)c(F)c2)cc1. The number of methoxy groups -OCH3 is 2. The molecule has 1 fully saturated rings. The molecule has 0 bridgehead atoms. The molecule has 1 aliphatic heterocycles. The van der Waals surface area contributed by atoms with Crippen LogP contribution in [0.5, 0.6) is 11.5 Å². The van der Waals surface area contributed by atoms with Crippen molar-refractivity contribution in [3.63, 3.8) is 0 Å². The second-order valence-electron chi connectivity index (χ2n) is 8.72. The average Bonchev–Trinajstić information content (AvgIpc) is 3.20. The van der Waals surface area contributed by atoms with Crippen LogP contribution in [0.1, 0.15) is 31.0 Å². The van der Waals surface area contributed by atoms with Gasteiger partial charge in [-0.05, 0) is 49.7 Å². The molecule has 0 radical (unpaired) electrons. The molecule has 1 aliphatic rings. The standard InChI is InChI=1S/C29H27ClF2N2O5/c1-5-33(6-2)17-9-7-16(8-10-17)26-25(27(35)19-14-20(30)24(39-4)15-23(19)38-3)28(36)29(37)34(26)18-11-12-21(31)22(32)13-18/h7-15,26,35H,5-6H2,1-4H3/b27-25+. The molecule has 3 aromatic carbocycles. The summed E-state index contributed by atoms with van der Waals surface area (Å²) >= 11 is 6.30. The van der Waals surface area contributed by atoms with Crippen LogP contribution in [0.4, 0.5) is 20.2 Å². The van der Waals surface area contributed by atoms with Crippen LogP contribution in [0.25, 0.3) is 5.76 Å². The number of carbonyl (C=O) groups is 2. The van der Waals surface area contributed by atoms with Crippen molar-refractivity contribution in [2.75, 3.05) is 37.1 Å². The van der Waals surface area contributed by atoms with Gasteiger partial charge in [0.25, 0.3) is 11.7 Å². The van der Waals surface area contributed by atoms with Gasteiger partial charge in [-0.1, -0.05) is 23.7 Å². The van der Waals surface area contributed by atoms with Gasteiger partial charge in [-0.2, -0.15) is 0 Å². The molecule has 0 spiro atoms. The van der Waals surface area contributed by atoms with Crippen LogP contribution in [-0.4, -0.2) is 44.1 Å². The highest BCUT2D eigenvalue weighted by atomic mass is 35.5. The number of ether oxygens (including phenoxy) is 2. The molecule has 1 atom stereocenters. The minimum Gasteiger partial charge on any atom is -0.507 e. The lowest BCUT2D eigenvalue weighted by molar-refractivity contribution is -0.132. The first-order valence-electron chi connectivity index (χ1n) is 12.2. The van der Waals surface area contributed by atoms with Crippen LogP contribution in [0.15, 0.2) is 60.2 Å². The van der Waals surface area contributed by atoms with Gasteiger partial charge in [-0.3, -0.25) is 14.5 Å². The number of Topliss-reactive ketones (excluding diaryl/α,β-unsaturated/α-hetero) is 1. The van der Waals surface area contributed by atoms with E-state index in [1.54, 1.807) is 12.1 Å². The topological polar surface area (TPSA) is 79.3 Å². The number of carbonyl (C=O) groups excluding carboxylic acids is 2. The molecule has 4 rings (SSSR count). The summed E-state index contributed by atoms with van der Waals surface area (Å²) in [5.74, 6) is -4.44. The molecule has 10 heteroatoms.